The molecular formula is C21H41IN8O. The Balaban J connectivity index is 0.00000341. The van der Waals surface area contributed by atoms with Crippen molar-refractivity contribution in [2.75, 3.05) is 52.5 Å². The second-order valence-electron chi connectivity index (χ2n) is 8.67. The largest absolute Gasteiger partial charge is 0.379 e. The molecule has 1 aromatic rings. The molecule has 3 rings (SSSR count). The number of ether oxygens (including phenoxy) is 1. The number of hydrogen-bond acceptors (Lipinski definition) is 6. The van der Waals surface area contributed by atoms with Crippen LogP contribution in [0.25, 0.3) is 0 Å². The minimum atomic E-state index is 0. The number of guanidine groups is 1. The van der Waals surface area contributed by atoms with Gasteiger partial charge in [-0.15, -0.1) is 34.2 Å². The molecule has 2 fully saturated rings. The molecule has 0 atom stereocenters. The summed E-state index contributed by atoms with van der Waals surface area (Å²) < 4.78 is 7.43. The average Bonchev–Trinajstić information content (AvgIpc) is 3.08. The third-order valence-electron chi connectivity index (χ3n) is 6.21. The summed E-state index contributed by atoms with van der Waals surface area (Å²) in [7, 11) is 1.99. The number of aromatic nitrogens is 3. The molecule has 2 aliphatic rings. The van der Waals surface area contributed by atoms with Crippen LogP contribution in [-0.4, -0.2) is 95.1 Å². The van der Waals surface area contributed by atoms with E-state index in [0.717, 1.165) is 89.4 Å². The maximum absolute atomic E-state index is 5.43. The van der Waals surface area contributed by atoms with Gasteiger partial charge in [-0.1, -0.05) is 0 Å². The van der Waals surface area contributed by atoms with Gasteiger partial charge in [0.25, 0.3) is 0 Å². The Morgan fingerprint density at radius 1 is 1.16 bits per heavy atom. The monoisotopic (exact) mass is 548 g/mol. The molecule has 2 saturated heterocycles. The third-order valence-corrected chi connectivity index (χ3v) is 6.21. The zero-order valence-corrected chi connectivity index (χ0v) is 22.0. The maximum atomic E-state index is 5.43. The lowest BCUT2D eigenvalue weighted by Gasteiger charge is -2.35. The van der Waals surface area contributed by atoms with Gasteiger partial charge in [0.05, 0.1) is 13.2 Å². The van der Waals surface area contributed by atoms with Crippen molar-refractivity contribution in [1.29, 1.82) is 0 Å². The van der Waals surface area contributed by atoms with Gasteiger partial charge in [0.1, 0.15) is 12.4 Å². The molecule has 3 heterocycles. The smallest absolute Gasteiger partial charge is 0.191 e. The van der Waals surface area contributed by atoms with E-state index in [2.05, 4.69) is 44.5 Å². The first kappa shape index (κ1) is 26.3. The second kappa shape index (κ2) is 13.5. The van der Waals surface area contributed by atoms with Crippen LogP contribution in [0.4, 0.5) is 0 Å². The molecular weight excluding hydrogens is 507 g/mol. The zero-order chi connectivity index (χ0) is 21.3. The fourth-order valence-corrected chi connectivity index (χ4v) is 3.98. The van der Waals surface area contributed by atoms with E-state index in [0.29, 0.717) is 18.6 Å². The van der Waals surface area contributed by atoms with Crippen LogP contribution in [0, 0.1) is 6.92 Å². The highest BCUT2D eigenvalue weighted by molar-refractivity contribution is 14.0. The second-order valence-corrected chi connectivity index (χ2v) is 8.67. The van der Waals surface area contributed by atoms with Crippen molar-refractivity contribution in [2.45, 2.75) is 58.7 Å². The van der Waals surface area contributed by atoms with Crippen LogP contribution < -0.4 is 10.6 Å². The Bertz CT molecular complexity index is 666. The van der Waals surface area contributed by atoms with Crippen molar-refractivity contribution < 1.29 is 4.74 Å². The quantitative estimate of drug-likeness (QED) is 0.220. The summed E-state index contributed by atoms with van der Waals surface area (Å²) in [4.78, 5) is 9.84. The van der Waals surface area contributed by atoms with Crippen molar-refractivity contribution in [1.82, 2.24) is 35.2 Å². The highest BCUT2D eigenvalue weighted by atomic mass is 127. The molecule has 0 aromatic carbocycles. The van der Waals surface area contributed by atoms with Crippen LogP contribution >= 0.6 is 24.0 Å². The van der Waals surface area contributed by atoms with Crippen molar-refractivity contribution in [3.05, 3.63) is 11.6 Å². The summed E-state index contributed by atoms with van der Waals surface area (Å²) in [6.45, 7) is 15.1. The number of aliphatic imine (C=N–C) groups is 1. The first-order valence-electron chi connectivity index (χ1n) is 11.5. The Morgan fingerprint density at radius 3 is 2.48 bits per heavy atom. The van der Waals surface area contributed by atoms with Gasteiger partial charge in [0.2, 0.25) is 0 Å². The molecule has 0 bridgehead atoms. The van der Waals surface area contributed by atoms with Crippen LogP contribution in [0.1, 0.15) is 44.8 Å². The molecule has 0 saturated carbocycles. The molecule has 2 N–H and O–H groups in total. The molecule has 0 amide bonds. The fraction of sp³-hybridized carbons (Fsp3) is 0.857. The van der Waals surface area contributed by atoms with Gasteiger partial charge in [0, 0.05) is 51.9 Å². The van der Waals surface area contributed by atoms with Crippen molar-refractivity contribution in [3.63, 3.8) is 0 Å². The summed E-state index contributed by atoms with van der Waals surface area (Å²) in [5.74, 6) is 2.69. The Labute approximate surface area is 204 Å². The molecule has 178 valence electrons. The molecule has 0 spiro atoms. The molecule has 10 heteroatoms. The Kier molecular flexibility index (Phi) is 11.5. The summed E-state index contributed by atoms with van der Waals surface area (Å²) in [6.07, 6.45) is 3.39. The molecule has 31 heavy (non-hydrogen) atoms. The molecule has 0 aliphatic carbocycles. The Hall–Kier alpha value is -0.980. The molecule has 2 aliphatic heterocycles. The SMILES string of the molecule is Cc1nnc(CN=C(NCCCN2CCOCC2)NC2CCN(C(C)C)CC2)n1C.I. The first-order chi connectivity index (χ1) is 14.5. The summed E-state index contributed by atoms with van der Waals surface area (Å²) in [5.41, 5.74) is 0. The van der Waals surface area contributed by atoms with E-state index in [-0.39, 0.29) is 24.0 Å². The van der Waals surface area contributed by atoms with Crippen LogP contribution in [0.2, 0.25) is 0 Å². The van der Waals surface area contributed by atoms with Gasteiger partial charge in [-0.2, -0.15) is 0 Å². The van der Waals surface area contributed by atoms with E-state index in [4.69, 9.17) is 9.73 Å². The van der Waals surface area contributed by atoms with Crippen LogP contribution in [0.15, 0.2) is 4.99 Å². The van der Waals surface area contributed by atoms with Crippen LogP contribution in [0.5, 0.6) is 0 Å². The van der Waals surface area contributed by atoms with Gasteiger partial charge in [-0.3, -0.25) is 4.90 Å². The highest BCUT2D eigenvalue weighted by Crippen LogP contribution is 2.13. The third kappa shape index (κ3) is 8.47. The van der Waals surface area contributed by atoms with Gasteiger partial charge >= 0.3 is 0 Å². The molecule has 9 nitrogen and oxygen atoms in total. The minimum absolute atomic E-state index is 0. The van der Waals surface area contributed by atoms with E-state index in [1.165, 1.54) is 0 Å². The van der Waals surface area contributed by atoms with Crippen molar-refractivity contribution in [3.8, 4) is 0 Å². The van der Waals surface area contributed by atoms with E-state index < -0.39 is 0 Å². The Morgan fingerprint density at radius 2 is 1.87 bits per heavy atom. The van der Waals surface area contributed by atoms with E-state index in [1.54, 1.807) is 0 Å². The number of morpholine rings is 1. The number of hydrogen-bond donors (Lipinski definition) is 2. The number of nitrogens with one attached hydrogen (secondary N) is 2. The normalized spacial score (nSPS) is 19.5. The highest BCUT2D eigenvalue weighted by Gasteiger charge is 2.21. The number of aryl methyl sites for hydroxylation is 1. The minimum Gasteiger partial charge on any atom is -0.379 e. The van der Waals surface area contributed by atoms with E-state index in [1.807, 2.05) is 18.5 Å². The maximum Gasteiger partial charge on any atom is 0.191 e. The number of piperidine rings is 1. The molecule has 0 unspecified atom stereocenters. The van der Waals surface area contributed by atoms with Gasteiger partial charge in [-0.25, -0.2) is 4.99 Å². The lowest BCUT2D eigenvalue weighted by Crippen LogP contribution is -2.50. The van der Waals surface area contributed by atoms with Gasteiger partial charge < -0.3 is 24.8 Å². The molecule has 0 radical (unpaired) electrons. The van der Waals surface area contributed by atoms with Gasteiger partial charge in [-0.05, 0) is 46.6 Å². The topological polar surface area (TPSA) is 82.8 Å². The zero-order valence-electron chi connectivity index (χ0n) is 19.6. The molecule has 1 aromatic heterocycles. The first-order valence-corrected chi connectivity index (χ1v) is 11.5. The van der Waals surface area contributed by atoms with Crippen molar-refractivity contribution in [2.24, 2.45) is 12.0 Å². The number of halogens is 1. The summed E-state index contributed by atoms with van der Waals surface area (Å²) in [6, 6.07) is 1.09. The number of likely N-dealkylation sites (tertiary alicyclic amines) is 1. The average molecular weight is 549 g/mol. The lowest BCUT2D eigenvalue weighted by atomic mass is 10.0. The number of nitrogens with zero attached hydrogens (tertiary/aromatic N) is 6. The van der Waals surface area contributed by atoms with Gasteiger partial charge in [0.15, 0.2) is 11.8 Å². The van der Waals surface area contributed by atoms with E-state index >= 15 is 0 Å². The summed E-state index contributed by atoms with van der Waals surface area (Å²) >= 11 is 0. The van der Waals surface area contributed by atoms with E-state index in [9.17, 15) is 0 Å². The lowest BCUT2D eigenvalue weighted by molar-refractivity contribution is 0.0376. The van der Waals surface area contributed by atoms with Crippen molar-refractivity contribution >= 4 is 29.9 Å². The van der Waals surface area contributed by atoms with Crippen LogP contribution in [-0.2, 0) is 18.3 Å². The summed E-state index contributed by atoms with van der Waals surface area (Å²) in [5, 5.41) is 15.6. The predicted octanol–water partition coefficient (Wildman–Crippen LogP) is 1.37. The number of rotatable bonds is 8. The predicted molar refractivity (Wildman–Crippen MR) is 135 cm³/mol. The van der Waals surface area contributed by atoms with Crippen LogP contribution in [0.3, 0.4) is 0 Å². The standard InChI is InChI=1S/C21H40N8O.HI/c1-17(2)29-10-6-19(7-11-29)24-21(23-16-20-26-25-18(3)27(20)4)22-8-5-9-28-12-14-30-15-13-28;/h17,19H,5-16H2,1-4H3,(H2,22,23,24);1H. The fourth-order valence-electron chi connectivity index (χ4n) is 3.98.